The van der Waals surface area contributed by atoms with Crippen LogP contribution < -0.4 is 0 Å². The normalized spacial score (nSPS) is 12.2. The molecule has 0 unspecified atom stereocenters. The first-order valence-corrected chi connectivity index (χ1v) is 3.52. The summed E-state index contributed by atoms with van der Waals surface area (Å²) in [7, 11) is 0. The van der Waals surface area contributed by atoms with Gasteiger partial charge in [-0.3, -0.25) is 0 Å². The lowest BCUT2D eigenvalue weighted by atomic mass is 10.1. The van der Waals surface area contributed by atoms with E-state index in [1.807, 2.05) is 6.07 Å². The van der Waals surface area contributed by atoms with Gasteiger partial charge in [0.2, 0.25) is 0 Å². The summed E-state index contributed by atoms with van der Waals surface area (Å²) >= 11 is 0. The largest absolute Gasteiger partial charge is 0.389 e. The van der Waals surface area contributed by atoms with Crippen molar-refractivity contribution in [3.05, 3.63) is 35.1 Å². The van der Waals surface area contributed by atoms with Gasteiger partial charge >= 0.3 is 0 Å². The summed E-state index contributed by atoms with van der Waals surface area (Å²) in [6.45, 7) is 1.48. The van der Waals surface area contributed by atoms with Crippen LogP contribution >= 0.6 is 0 Å². The molecule has 0 saturated heterocycles. The van der Waals surface area contributed by atoms with Crippen LogP contribution in [-0.4, -0.2) is 5.11 Å². The number of aliphatic hydroxyl groups excluding tert-OH is 1. The lowest BCUT2D eigenvalue weighted by Gasteiger charge is -2.04. The molecule has 1 aromatic carbocycles. The van der Waals surface area contributed by atoms with Gasteiger partial charge in [0.05, 0.1) is 17.7 Å². The zero-order valence-electron chi connectivity index (χ0n) is 6.58. The van der Waals surface area contributed by atoms with Crippen molar-refractivity contribution in [2.24, 2.45) is 0 Å². The molecule has 0 aliphatic rings. The smallest absolute Gasteiger partial charge is 0.130 e. The number of aliphatic hydroxyl groups is 1. The van der Waals surface area contributed by atoms with E-state index in [-0.39, 0.29) is 11.1 Å². The van der Waals surface area contributed by atoms with Gasteiger partial charge in [-0.1, -0.05) is 6.07 Å². The first-order valence-electron chi connectivity index (χ1n) is 3.52. The van der Waals surface area contributed by atoms with E-state index in [2.05, 4.69) is 0 Å². The van der Waals surface area contributed by atoms with E-state index >= 15 is 0 Å². The van der Waals surface area contributed by atoms with Crippen LogP contribution in [-0.2, 0) is 0 Å². The van der Waals surface area contributed by atoms with Crippen LogP contribution in [0.2, 0.25) is 0 Å². The minimum absolute atomic E-state index is 0.217. The molecular weight excluding hydrogens is 157 g/mol. The van der Waals surface area contributed by atoms with E-state index in [0.717, 1.165) is 6.07 Å². The molecule has 2 nitrogen and oxygen atoms in total. The number of hydrogen-bond acceptors (Lipinski definition) is 2. The molecule has 0 amide bonds. The average Bonchev–Trinajstić information content (AvgIpc) is 2.03. The second-order valence-corrected chi connectivity index (χ2v) is 2.52. The first-order chi connectivity index (χ1) is 5.65. The molecule has 0 aromatic heterocycles. The Labute approximate surface area is 69.9 Å². The van der Waals surface area contributed by atoms with Gasteiger partial charge in [0.15, 0.2) is 0 Å². The van der Waals surface area contributed by atoms with Gasteiger partial charge in [0.25, 0.3) is 0 Å². The van der Waals surface area contributed by atoms with Crippen molar-refractivity contribution in [2.45, 2.75) is 13.0 Å². The van der Waals surface area contributed by atoms with Gasteiger partial charge < -0.3 is 5.11 Å². The third kappa shape index (κ3) is 1.60. The zero-order valence-corrected chi connectivity index (χ0v) is 6.58. The number of benzene rings is 1. The fraction of sp³-hybridized carbons (Fsp3) is 0.222. The Morgan fingerprint density at radius 2 is 2.25 bits per heavy atom. The Balaban J connectivity index is 3.14. The number of rotatable bonds is 1. The molecule has 0 spiro atoms. The van der Waals surface area contributed by atoms with E-state index in [0.29, 0.717) is 0 Å². The Morgan fingerprint density at radius 1 is 1.58 bits per heavy atom. The van der Waals surface area contributed by atoms with Crippen LogP contribution in [0.3, 0.4) is 0 Å². The average molecular weight is 165 g/mol. The van der Waals surface area contributed by atoms with Crippen LogP contribution in [0.25, 0.3) is 0 Å². The Hall–Kier alpha value is -1.40. The first kappa shape index (κ1) is 8.69. The van der Waals surface area contributed by atoms with Gasteiger partial charge in [0, 0.05) is 5.56 Å². The van der Waals surface area contributed by atoms with Crippen molar-refractivity contribution in [3.63, 3.8) is 0 Å². The number of nitriles is 1. The monoisotopic (exact) mass is 165 g/mol. The summed E-state index contributed by atoms with van der Waals surface area (Å²) in [5.74, 6) is -0.538. The van der Waals surface area contributed by atoms with Crippen LogP contribution in [0.1, 0.15) is 24.2 Å². The van der Waals surface area contributed by atoms with Gasteiger partial charge in [-0.05, 0) is 19.1 Å². The lowest BCUT2D eigenvalue weighted by molar-refractivity contribution is 0.194. The molecule has 0 heterocycles. The molecule has 0 bridgehead atoms. The predicted octanol–water partition coefficient (Wildman–Crippen LogP) is 1.75. The SMILES string of the molecule is C[C@H](O)c1ccc(C#N)cc1F. The quantitative estimate of drug-likeness (QED) is 0.688. The van der Waals surface area contributed by atoms with Crippen molar-refractivity contribution < 1.29 is 9.50 Å². The Bertz CT molecular complexity index is 328. The summed E-state index contributed by atoms with van der Waals surface area (Å²) in [5, 5.41) is 17.5. The van der Waals surface area contributed by atoms with Crippen LogP contribution in [0.5, 0.6) is 0 Å². The van der Waals surface area contributed by atoms with Crippen LogP contribution in [0.4, 0.5) is 4.39 Å². The Morgan fingerprint density at radius 3 is 2.67 bits per heavy atom. The minimum Gasteiger partial charge on any atom is -0.389 e. The van der Waals surface area contributed by atoms with Crippen LogP contribution in [0, 0.1) is 17.1 Å². The second-order valence-electron chi connectivity index (χ2n) is 2.52. The van der Waals surface area contributed by atoms with Crippen LogP contribution in [0.15, 0.2) is 18.2 Å². The molecule has 1 aromatic rings. The molecule has 12 heavy (non-hydrogen) atoms. The van der Waals surface area contributed by atoms with Crippen molar-refractivity contribution in [1.29, 1.82) is 5.26 Å². The molecule has 1 rings (SSSR count). The molecular formula is C9H8FNO. The summed E-state index contributed by atoms with van der Waals surface area (Å²) < 4.78 is 13.0. The zero-order chi connectivity index (χ0) is 9.14. The van der Waals surface area contributed by atoms with Crippen molar-refractivity contribution in [3.8, 4) is 6.07 Å². The minimum atomic E-state index is -0.835. The number of hydrogen-bond donors (Lipinski definition) is 1. The van der Waals surface area contributed by atoms with E-state index < -0.39 is 11.9 Å². The molecule has 3 heteroatoms. The third-order valence-electron chi connectivity index (χ3n) is 1.58. The molecule has 0 aliphatic heterocycles. The molecule has 0 fully saturated rings. The van der Waals surface area contributed by atoms with E-state index in [1.165, 1.54) is 19.1 Å². The molecule has 1 N–H and O–H groups in total. The summed E-state index contributed by atoms with van der Waals surface area (Å²) in [6, 6.07) is 5.82. The molecule has 62 valence electrons. The van der Waals surface area contributed by atoms with Crippen molar-refractivity contribution >= 4 is 0 Å². The fourth-order valence-electron chi connectivity index (χ4n) is 0.935. The third-order valence-corrected chi connectivity index (χ3v) is 1.58. The van der Waals surface area contributed by atoms with Crippen molar-refractivity contribution in [1.82, 2.24) is 0 Å². The predicted molar refractivity (Wildman–Crippen MR) is 41.7 cm³/mol. The summed E-state index contributed by atoms with van der Waals surface area (Å²) in [4.78, 5) is 0. The lowest BCUT2D eigenvalue weighted by Crippen LogP contribution is -1.95. The number of nitrogens with zero attached hydrogens (tertiary/aromatic N) is 1. The van der Waals surface area contributed by atoms with Crippen molar-refractivity contribution in [2.75, 3.05) is 0 Å². The standard InChI is InChI=1S/C9H8FNO/c1-6(12)8-3-2-7(5-11)4-9(8)10/h2-4,6,12H,1H3/t6-/m0/s1. The maximum Gasteiger partial charge on any atom is 0.130 e. The highest BCUT2D eigenvalue weighted by molar-refractivity contribution is 5.33. The van der Waals surface area contributed by atoms with Gasteiger partial charge in [0.1, 0.15) is 5.82 Å². The highest BCUT2D eigenvalue weighted by Gasteiger charge is 2.07. The Kier molecular flexibility index (Phi) is 2.41. The summed E-state index contributed by atoms with van der Waals surface area (Å²) in [5.41, 5.74) is 0.478. The highest BCUT2D eigenvalue weighted by Crippen LogP contribution is 2.16. The maximum absolute atomic E-state index is 13.0. The highest BCUT2D eigenvalue weighted by atomic mass is 19.1. The van der Waals surface area contributed by atoms with E-state index in [4.69, 9.17) is 10.4 Å². The topological polar surface area (TPSA) is 44.0 Å². The molecule has 0 saturated carbocycles. The van der Waals surface area contributed by atoms with E-state index in [9.17, 15) is 4.39 Å². The summed E-state index contributed by atoms with van der Waals surface area (Å²) in [6.07, 6.45) is -0.835. The fourth-order valence-corrected chi connectivity index (χ4v) is 0.935. The second kappa shape index (κ2) is 3.33. The van der Waals surface area contributed by atoms with Gasteiger partial charge in [-0.25, -0.2) is 4.39 Å². The van der Waals surface area contributed by atoms with Gasteiger partial charge in [-0.15, -0.1) is 0 Å². The number of halogens is 1. The maximum atomic E-state index is 13.0. The van der Waals surface area contributed by atoms with E-state index in [1.54, 1.807) is 0 Å². The molecule has 0 aliphatic carbocycles. The molecule has 1 atom stereocenters. The molecule has 0 radical (unpaired) electrons. The van der Waals surface area contributed by atoms with Gasteiger partial charge in [-0.2, -0.15) is 5.26 Å².